The summed E-state index contributed by atoms with van der Waals surface area (Å²) in [6, 6.07) is 9.68. The van der Waals surface area contributed by atoms with Crippen LogP contribution in [0, 0.1) is 0 Å². The van der Waals surface area contributed by atoms with E-state index in [1.807, 2.05) is 18.2 Å². The fourth-order valence-corrected chi connectivity index (χ4v) is 5.28. The quantitative estimate of drug-likeness (QED) is 0.218. The van der Waals surface area contributed by atoms with E-state index in [1.165, 1.54) is 57.8 Å². The zero-order chi connectivity index (χ0) is 21.8. The van der Waals surface area contributed by atoms with Crippen molar-refractivity contribution in [3.8, 4) is 0 Å². The van der Waals surface area contributed by atoms with Gasteiger partial charge in [-0.15, -0.1) is 0 Å². The van der Waals surface area contributed by atoms with Crippen molar-refractivity contribution in [1.82, 2.24) is 0 Å². The van der Waals surface area contributed by atoms with Gasteiger partial charge in [-0.1, -0.05) is 108 Å². The van der Waals surface area contributed by atoms with Crippen molar-refractivity contribution in [1.29, 1.82) is 0 Å². The molecule has 0 saturated carbocycles. The summed E-state index contributed by atoms with van der Waals surface area (Å²) < 4.78 is 36.5. The molecule has 0 bridgehead atoms. The second-order valence-corrected chi connectivity index (χ2v) is 9.87. The minimum atomic E-state index is -4.51. The van der Waals surface area contributed by atoms with E-state index in [0.717, 1.165) is 36.6 Å². The van der Waals surface area contributed by atoms with Crippen LogP contribution in [0.25, 0.3) is 10.8 Å². The zero-order valence-corrected chi connectivity index (χ0v) is 23.9. The van der Waals surface area contributed by atoms with Crippen molar-refractivity contribution in [2.24, 2.45) is 0 Å². The molecule has 0 saturated heterocycles. The van der Waals surface area contributed by atoms with Gasteiger partial charge in [0, 0.05) is 0 Å². The van der Waals surface area contributed by atoms with Gasteiger partial charge in [-0.05, 0) is 47.6 Å². The van der Waals surface area contributed by atoms with Gasteiger partial charge in [0.05, 0.1) is 4.90 Å². The third-order valence-corrected chi connectivity index (χ3v) is 7.02. The van der Waals surface area contributed by atoms with Crippen LogP contribution in [0.2, 0.25) is 0 Å². The fourth-order valence-electron chi connectivity index (χ4n) is 4.34. The number of unbranched alkanes of at least 4 members (excludes halogenated alkanes) is 10. The topological polar surface area (TPSA) is 57.2 Å². The Balaban J connectivity index is 0.00000480. The van der Waals surface area contributed by atoms with Crippen molar-refractivity contribution in [3.05, 3.63) is 41.5 Å². The van der Waals surface area contributed by atoms with Gasteiger partial charge < -0.3 is 4.55 Å². The molecule has 3 nitrogen and oxygen atoms in total. The first kappa shape index (κ1) is 29.3. The van der Waals surface area contributed by atoms with Gasteiger partial charge in [0.15, 0.2) is 0 Å². The Bertz CT molecular complexity index is 878. The number of rotatable bonds is 15. The maximum atomic E-state index is 12.2. The molecule has 31 heavy (non-hydrogen) atoms. The molecule has 2 aromatic carbocycles. The second-order valence-electron chi connectivity index (χ2n) is 8.56. The predicted octanol–water partition coefficient (Wildman–Crippen LogP) is 4.55. The van der Waals surface area contributed by atoms with Gasteiger partial charge in [-0.3, -0.25) is 0 Å². The van der Waals surface area contributed by atoms with E-state index < -0.39 is 10.1 Å². The molecule has 0 heterocycles. The molecule has 0 aliphatic rings. The average Bonchev–Trinajstić information content (AvgIpc) is 2.72. The average molecular weight is 471 g/mol. The first-order valence-corrected chi connectivity index (χ1v) is 13.4. The summed E-state index contributed by atoms with van der Waals surface area (Å²) in [5.41, 5.74) is 1.84. The maximum absolute atomic E-state index is 12.2. The van der Waals surface area contributed by atoms with Gasteiger partial charge in [0.1, 0.15) is 10.1 Å². The predicted molar refractivity (Wildman–Crippen MR) is 126 cm³/mol. The Hall–Kier alpha value is 0.246. The molecule has 0 unspecified atom stereocenters. The molecular formula is C26H39KO3S. The van der Waals surface area contributed by atoms with Crippen molar-refractivity contribution >= 4 is 20.9 Å². The van der Waals surface area contributed by atoms with Crippen molar-refractivity contribution in [2.75, 3.05) is 0 Å². The van der Waals surface area contributed by atoms with Crippen LogP contribution >= 0.6 is 0 Å². The summed E-state index contributed by atoms with van der Waals surface area (Å²) in [5, 5.41) is 1.53. The molecule has 2 rings (SSSR count). The van der Waals surface area contributed by atoms with E-state index in [1.54, 1.807) is 6.07 Å². The van der Waals surface area contributed by atoms with Crippen LogP contribution in [0.3, 0.4) is 0 Å². The Kier molecular flexibility index (Phi) is 15.1. The minimum absolute atomic E-state index is 0. The summed E-state index contributed by atoms with van der Waals surface area (Å²) in [7, 11) is -4.51. The van der Waals surface area contributed by atoms with E-state index >= 15 is 0 Å². The molecule has 0 aliphatic carbocycles. The molecule has 0 fully saturated rings. The number of aryl methyl sites for hydroxylation is 2. The second kappa shape index (κ2) is 16.0. The molecule has 0 radical (unpaired) electrons. The molecule has 168 valence electrons. The molecule has 0 aromatic heterocycles. The van der Waals surface area contributed by atoms with E-state index in [2.05, 4.69) is 19.9 Å². The smallest absolute Gasteiger partial charge is 0.744 e. The van der Waals surface area contributed by atoms with E-state index in [9.17, 15) is 13.0 Å². The van der Waals surface area contributed by atoms with E-state index in [-0.39, 0.29) is 56.3 Å². The van der Waals surface area contributed by atoms with Crippen LogP contribution in [0.4, 0.5) is 0 Å². The Morgan fingerprint density at radius 1 is 0.645 bits per heavy atom. The zero-order valence-electron chi connectivity index (χ0n) is 19.9. The molecular weight excluding hydrogens is 431 g/mol. The molecule has 0 N–H and O–H groups in total. The van der Waals surface area contributed by atoms with Crippen molar-refractivity contribution in [3.63, 3.8) is 0 Å². The molecule has 0 spiro atoms. The number of hydrogen-bond donors (Lipinski definition) is 0. The summed E-state index contributed by atoms with van der Waals surface area (Å²) in [6.45, 7) is 4.42. The third-order valence-electron chi connectivity index (χ3n) is 6.03. The monoisotopic (exact) mass is 470 g/mol. The van der Waals surface area contributed by atoms with Gasteiger partial charge in [-0.25, -0.2) is 8.42 Å². The van der Waals surface area contributed by atoms with Gasteiger partial charge in [0.25, 0.3) is 0 Å². The third kappa shape index (κ3) is 9.95. The number of fused-ring (bicyclic) bond motifs is 1. The summed E-state index contributed by atoms with van der Waals surface area (Å²) in [6.07, 6.45) is 15.8. The largest absolute Gasteiger partial charge is 1.00 e. The van der Waals surface area contributed by atoms with E-state index in [4.69, 9.17) is 0 Å². The minimum Gasteiger partial charge on any atom is -0.744 e. The van der Waals surface area contributed by atoms with Crippen LogP contribution in [0.1, 0.15) is 102 Å². The van der Waals surface area contributed by atoms with Gasteiger partial charge in [0.2, 0.25) is 0 Å². The van der Waals surface area contributed by atoms with Crippen LogP contribution < -0.4 is 51.4 Å². The molecule has 0 amide bonds. The van der Waals surface area contributed by atoms with Gasteiger partial charge >= 0.3 is 51.4 Å². The molecule has 0 aliphatic heterocycles. The van der Waals surface area contributed by atoms with Crippen molar-refractivity contribution in [2.45, 2.75) is 109 Å². The first-order valence-electron chi connectivity index (χ1n) is 12.0. The fraction of sp³-hybridized carbons (Fsp3) is 0.615. The maximum Gasteiger partial charge on any atom is 1.00 e. The summed E-state index contributed by atoms with van der Waals surface area (Å²) in [4.78, 5) is 0.0124. The standard InChI is InChI=1S/C26H40O3S.K/c1-3-5-7-9-11-13-16-22-18-15-19-25-24(22)21-20-23(26(25)30(27,28)29)17-14-12-10-8-6-4-2;/h15,18-21H,3-14,16-17H2,1-2H3,(H,27,28,29);/q;+1/p-1. The molecule has 2 aromatic rings. The summed E-state index contributed by atoms with van der Waals surface area (Å²) >= 11 is 0. The van der Waals surface area contributed by atoms with Crippen LogP contribution in [-0.2, 0) is 23.0 Å². The normalized spacial score (nSPS) is 11.6. The molecule has 0 atom stereocenters. The Labute approximate surface area is 233 Å². The SMILES string of the molecule is CCCCCCCCc1ccc2c(CCCCCCCC)cccc2c1S(=O)(=O)[O-].[K+]. The number of hydrogen-bond acceptors (Lipinski definition) is 3. The Morgan fingerprint density at radius 2 is 1.16 bits per heavy atom. The Morgan fingerprint density at radius 3 is 1.71 bits per heavy atom. The number of benzene rings is 2. The van der Waals surface area contributed by atoms with E-state index in [0.29, 0.717) is 17.4 Å². The van der Waals surface area contributed by atoms with Crippen molar-refractivity contribution < 1.29 is 64.4 Å². The molecule has 5 heteroatoms. The van der Waals surface area contributed by atoms with Crippen LogP contribution in [0.15, 0.2) is 35.2 Å². The van der Waals surface area contributed by atoms with Crippen LogP contribution in [0.5, 0.6) is 0 Å². The van der Waals surface area contributed by atoms with Crippen LogP contribution in [-0.4, -0.2) is 13.0 Å². The first-order chi connectivity index (χ1) is 14.5. The summed E-state index contributed by atoms with van der Waals surface area (Å²) in [5.74, 6) is 0. The van der Waals surface area contributed by atoms with Gasteiger partial charge in [-0.2, -0.15) is 0 Å².